The van der Waals surface area contributed by atoms with E-state index < -0.39 is 0 Å². The molecule has 0 amide bonds. The van der Waals surface area contributed by atoms with Crippen LogP contribution >= 0.6 is 0 Å². The zero-order valence-corrected chi connectivity index (χ0v) is 34.0. The zero-order valence-electron chi connectivity index (χ0n) is 34.0. The van der Waals surface area contributed by atoms with E-state index in [-0.39, 0.29) is 0 Å². The van der Waals surface area contributed by atoms with E-state index in [0.717, 1.165) is 17.1 Å². The molecule has 0 aliphatic heterocycles. The summed E-state index contributed by atoms with van der Waals surface area (Å²) in [4.78, 5) is 2.38. The average molecular weight is 789 g/mol. The summed E-state index contributed by atoms with van der Waals surface area (Å²) in [6.45, 7) is 0. The first kappa shape index (κ1) is 35.7. The van der Waals surface area contributed by atoms with Crippen molar-refractivity contribution in [3.05, 3.63) is 243 Å². The molecule has 1 aromatic heterocycles. The maximum atomic E-state index is 2.42. The number of aromatic nitrogens is 1. The van der Waals surface area contributed by atoms with Crippen LogP contribution in [0.2, 0.25) is 0 Å². The number of fused-ring (bicyclic) bond motifs is 7. The molecule has 0 saturated heterocycles. The van der Waals surface area contributed by atoms with Crippen molar-refractivity contribution >= 4 is 71.2 Å². The van der Waals surface area contributed by atoms with Gasteiger partial charge in [0.05, 0.1) is 16.7 Å². The predicted molar refractivity (Wildman–Crippen MR) is 264 cm³/mol. The monoisotopic (exact) mass is 788 g/mol. The third-order valence-corrected chi connectivity index (χ3v) is 12.6. The Kier molecular flexibility index (Phi) is 8.53. The van der Waals surface area contributed by atoms with Crippen molar-refractivity contribution in [3.63, 3.8) is 0 Å². The van der Waals surface area contributed by atoms with Crippen molar-refractivity contribution in [1.82, 2.24) is 4.57 Å². The molecule has 0 saturated carbocycles. The lowest BCUT2D eigenvalue weighted by atomic mass is 9.97. The highest BCUT2D eigenvalue weighted by molar-refractivity contribution is 6.10. The zero-order chi connectivity index (χ0) is 41.0. The molecule has 0 spiro atoms. The fraction of sp³-hybridized carbons (Fsp3) is 0. The van der Waals surface area contributed by atoms with Gasteiger partial charge in [-0.05, 0) is 127 Å². The number of para-hydroxylation sites is 3. The number of rotatable bonds is 7. The van der Waals surface area contributed by atoms with Gasteiger partial charge in [0.1, 0.15) is 0 Å². The van der Waals surface area contributed by atoms with Crippen LogP contribution in [0.5, 0.6) is 0 Å². The van der Waals surface area contributed by atoms with Gasteiger partial charge in [-0.15, -0.1) is 0 Å². The number of anilines is 3. The number of nitrogens with zero attached hydrogens (tertiary/aromatic N) is 2. The van der Waals surface area contributed by atoms with Crippen molar-refractivity contribution < 1.29 is 0 Å². The van der Waals surface area contributed by atoms with Gasteiger partial charge in [-0.3, -0.25) is 0 Å². The molecule has 12 rings (SSSR count). The maximum Gasteiger partial charge on any atom is 0.0541 e. The van der Waals surface area contributed by atoms with E-state index in [1.807, 2.05) is 0 Å². The SMILES string of the molecule is c1cc(-c2ccc(N(c3ccc(-c4ccc5ccccc5c4)cc3)c3ccc4c(ccc5ccccc54)c3)cc2)cc(-c2ccccc2-n2c3ccccc3c3ccccc32)c1. The topological polar surface area (TPSA) is 8.17 Å². The molecule has 0 fully saturated rings. The highest BCUT2D eigenvalue weighted by atomic mass is 15.1. The highest BCUT2D eigenvalue weighted by Crippen LogP contribution is 2.41. The van der Waals surface area contributed by atoms with E-state index in [0.29, 0.717) is 0 Å². The molecule has 0 bridgehead atoms. The summed E-state index contributed by atoms with van der Waals surface area (Å²) in [5.41, 5.74) is 14.0. The molecule has 1 heterocycles. The van der Waals surface area contributed by atoms with Gasteiger partial charge in [-0.1, -0.05) is 176 Å². The summed E-state index contributed by atoms with van der Waals surface area (Å²) in [6, 6.07) is 88.5. The van der Waals surface area contributed by atoms with Gasteiger partial charge in [0.15, 0.2) is 0 Å². The van der Waals surface area contributed by atoms with Crippen LogP contribution in [0.15, 0.2) is 243 Å². The smallest absolute Gasteiger partial charge is 0.0541 e. The summed E-state index contributed by atoms with van der Waals surface area (Å²) < 4.78 is 2.42. The molecule has 2 heteroatoms. The van der Waals surface area contributed by atoms with Crippen LogP contribution < -0.4 is 4.90 Å². The molecule has 290 valence electrons. The van der Waals surface area contributed by atoms with Crippen molar-refractivity contribution in [1.29, 1.82) is 0 Å². The van der Waals surface area contributed by atoms with E-state index in [1.165, 1.54) is 93.2 Å². The number of hydrogen-bond acceptors (Lipinski definition) is 1. The second-order valence-electron chi connectivity index (χ2n) is 16.2. The third-order valence-electron chi connectivity index (χ3n) is 12.6. The minimum Gasteiger partial charge on any atom is -0.310 e. The molecule has 11 aromatic carbocycles. The van der Waals surface area contributed by atoms with Gasteiger partial charge in [0.2, 0.25) is 0 Å². The molecule has 0 atom stereocenters. The Bertz CT molecular complexity index is 3580. The van der Waals surface area contributed by atoms with Gasteiger partial charge in [-0.2, -0.15) is 0 Å². The van der Waals surface area contributed by atoms with E-state index in [2.05, 4.69) is 252 Å². The van der Waals surface area contributed by atoms with Crippen molar-refractivity contribution in [2.75, 3.05) is 4.90 Å². The normalized spacial score (nSPS) is 11.5. The van der Waals surface area contributed by atoms with Crippen LogP contribution in [0.1, 0.15) is 0 Å². The lowest BCUT2D eigenvalue weighted by Gasteiger charge is -2.26. The van der Waals surface area contributed by atoms with E-state index >= 15 is 0 Å². The lowest BCUT2D eigenvalue weighted by Crippen LogP contribution is -2.09. The van der Waals surface area contributed by atoms with Crippen molar-refractivity contribution in [3.8, 4) is 39.1 Å². The first-order valence-corrected chi connectivity index (χ1v) is 21.3. The average Bonchev–Trinajstić information content (AvgIpc) is 3.68. The van der Waals surface area contributed by atoms with Crippen LogP contribution in [-0.2, 0) is 0 Å². The summed E-state index contributed by atoms with van der Waals surface area (Å²) in [5, 5.41) is 10.0. The van der Waals surface area contributed by atoms with Crippen LogP contribution in [0.4, 0.5) is 17.1 Å². The summed E-state index contributed by atoms with van der Waals surface area (Å²) >= 11 is 0. The molecule has 0 N–H and O–H groups in total. The number of hydrogen-bond donors (Lipinski definition) is 0. The van der Waals surface area contributed by atoms with Crippen LogP contribution in [-0.4, -0.2) is 4.57 Å². The maximum absolute atomic E-state index is 2.42. The Labute approximate surface area is 360 Å². The number of benzene rings is 11. The Morgan fingerprint density at radius 2 is 0.758 bits per heavy atom. The standard InChI is InChI=1S/C60H40N2/c1-2-14-45-38-47(26-24-41(45)12-1)43-30-34-51(35-31-43)61(52-36-37-54-49(40-52)27-25-44-13-3-4-17-53(44)54)50-32-28-42(29-33-50)46-15-11-16-48(39-46)55-18-5-8-21-58(55)62-59-22-9-6-19-56(59)57-20-7-10-23-60(57)62/h1-40H. The molecular weight excluding hydrogens is 749 g/mol. The lowest BCUT2D eigenvalue weighted by molar-refractivity contribution is 1.18. The fourth-order valence-electron chi connectivity index (χ4n) is 9.52. The fourth-order valence-corrected chi connectivity index (χ4v) is 9.52. The van der Waals surface area contributed by atoms with Gasteiger partial charge in [-0.25, -0.2) is 0 Å². The molecular formula is C60H40N2. The second-order valence-corrected chi connectivity index (χ2v) is 16.2. The molecule has 0 radical (unpaired) electrons. The minimum absolute atomic E-state index is 1.10. The van der Waals surface area contributed by atoms with Crippen molar-refractivity contribution in [2.45, 2.75) is 0 Å². The van der Waals surface area contributed by atoms with E-state index in [1.54, 1.807) is 0 Å². The molecule has 2 nitrogen and oxygen atoms in total. The van der Waals surface area contributed by atoms with Gasteiger partial charge in [0, 0.05) is 33.4 Å². The van der Waals surface area contributed by atoms with E-state index in [9.17, 15) is 0 Å². The second kappa shape index (κ2) is 14.8. The van der Waals surface area contributed by atoms with E-state index in [4.69, 9.17) is 0 Å². The highest BCUT2D eigenvalue weighted by Gasteiger charge is 2.17. The first-order valence-electron chi connectivity index (χ1n) is 21.3. The van der Waals surface area contributed by atoms with Crippen LogP contribution in [0.3, 0.4) is 0 Å². The van der Waals surface area contributed by atoms with Gasteiger partial charge in [0.25, 0.3) is 0 Å². The summed E-state index contributed by atoms with van der Waals surface area (Å²) in [6.07, 6.45) is 0. The van der Waals surface area contributed by atoms with Crippen molar-refractivity contribution in [2.24, 2.45) is 0 Å². The summed E-state index contributed by atoms with van der Waals surface area (Å²) in [5.74, 6) is 0. The minimum atomic E-state index is 1.10. The quantitative estimate of drug-likeness (QED) is 0.146. The molecule has 0 aliphatic carbocycles. The first-order chi connectivity index (χ1) is 30.7. The van der Waals surface area contributed by atoms with Crippen LogP contribution in [0, 0.1) is 0 Å². The molecule has 0 unspecified atom stereocenters. The molecule has 12 aromatic rings. The van der Waals surface area contributed by atoms with Gasteiger partial charge < -0.3 is 9.47 Å². The Balaban J connectivity index is 0.930. The third kappa shape index (κ3) is 6.12. The molecule has 62 heavy (non-hydrogen) atoms. The van der Waals surface area contributed by atoms with Crippen LogP contribution in [0.25, 0.3) is 93.2 Å². The Morgan fingerprint density at radius 1 is 0.258 bits per heavy atom. The Morgan fingerprint density at radius 3 is 1.48 bits per heavy atom. The Hall–Kier alpha value is -8.20. The van der Waals surface area contributed by atoms with Gasteiger partial charge >= 0.3 is 0 Å². The molecule has 0 aliphatic rings. The largest absolute Gasteiger partial charge is 0.310 e. The summed E-state index contributed by atoms with van der Waals surface area (Å²) in [7, 11) is 0. The predicted octanol–water partition coefficient (Wildman–Crippen LogP) is 16.7.